The van der Waals surface area contributed by atoms with Gasteiger partial charge in [0, 0.05) is 49.2 Å². The summed E-state index contributed by atoms with van der Waals surface area (Å²) in [6, 6.07) is 4.19. The van der Waals surface area contributed by atoms with Gasteiger partial charge in [0.2, 0.25) is 0 Å². The highest BCUT2D eigenvalue weighted by Crippen LogP contribution is 2.26. The van der Waals surface area contributed by atoms with E-state index >= 15 is 0 Å². The number of rotatable bonds is 4. The molecule has 0 N–H and O–H groups in total. The lowest BCUT2D eigenvalue weighted by Crippen LogP contribution is -2.31. The minimum Gasteiger partial charge on any atom is -0.305 e. The largest absolute Gasteiger partial charge is 0.305 e. The van der Waals surface area contributed by atoms with Crippen molar-refractivity contribution in [1.82, 2.24) is 19.8 Å². The standard InChI is InChI=1S/C19H25FN4/c1-13-7-18(16-9-21-14(2)22-10-16)19(20)8-15(13)11-24-6-5-17(12-24)23(3)4/h7-10,17H,5-6,11-12H2,1-4H3. The Kier molecular flexibility index (Phi) is 4.92. The summed E-state index contributed by atoms with van der Waals surface area (Å²) in [4.78, 5) is 13.0. The fourth-order valence-corrected chi connectivity index (χ4v) is 3.26. The van der Waals surface area contributed by atoms with Crippen LogP contribution >= 0.6 is 0 Å². The van der Waals surface area contributed by atoms with Crippen LogP contribution in [-0.2, 0) is 6.54 Å². The van der Waals surface area contributed by atoms with Gasteiger partial charge in [-0.25, -0.2) is 14.4 Å². The third-order valence-corrected chi connectivity index (χ3v) is 4.89. The molecular formula is C19H25FN4. The van der Waals surface area contributed by atoms with Gasteiger partial charge in [0.25, 0.3) is 0 Å². The van der Waals surface area contributed by atoms with Gasteiger partial charge in [-0.05, 0) is 57.6 Å². The molecule has 1 aliphatic heterocycles. The number of likely N-dealkylation sites (N-methyl/N-ethyl adjacent to an activating group) is 1. The zero-order valence-corrected chi connectivity index (χ0v) is 14.9. The molecule has 0 spiro atoms. The normalized spacial score (nSPS) is 18.5. The Hall–Kier alpha value is -1.85. The summed E-state index contributed by atoms with van der Waals surface area (Å²) in [7, 11) is 4.25. The lowest BCUT2D eigenvalue weighted by Gasteiger charge is -2.21. The minimum atomic E-state index is -0.202. The highest BCUT2D eigenvalue weighted by molar-refractivity contribution is 5.64. The average Bonchev–Trinajstić information content (AvgIpc) is 3.00. The van der Waals surface area contributed by atoms with Crippen molar-refractivity contribution in [1.29, 1.82) is 0 Å². The van der Waals surface area contributed by atoms with Crippen molar-refractivity contribution in [3.63, 3.8) is 0 Å². The second-order valence-electron chi connectivity index (χ2n) is 6.92. The molecule has 2 heterocycles. The Labute approximate surface area is 143 Å². The van der Waals surface area contributed by atoms with Crippen LogP contribution in [0.3, 0.4) is 0 Å². The highest BCUT2D eigenvalue weighted by Gasteiger charge is 2.24. The Morgan fingerprint density at radius 2 is 1.92 bits per heavy atom. The zero-order valence-electron chi connectivity index (χ0n) is 14.9. The van der Waals surface area contributed by atoms with Gasteiger partial charge in [-0.3, -0.25) is 4.90 Å². The first kappa shape index (κ1) is 17.0. The van der Waals surface area contributed by atoms with E-state index in [0.717, 1.165) is 36.3 Å². The number of benzene rings is 1. The van der Waals surface area contributed by atoms with Gasteiger partial charge >= 0.3 is 0 Å². The van der Waals surface area contributed by atoms with Crippen molar-refractivity contribution >= 4 is 0 Å². The van der Waals surface area contributed by atoms with Crippen LogP contribution in [0, 0.1) is 19.7 Å². The minimum absolute atomic E-state index is 0.202. The Balaban J connectivity index is 1.79. The molecule has 1 saturated heterocycles. The molecule has 0 saturated carbocycles. The quantitative estimate of drug-likeness (QED) is 0.863. The van der Waals surface area contributed by atoms with Gasteiger partial charge in [0.05, 0.1) is 0 Å². The van der Waals surface area contributed by atoms with Gasteiger partial charge < -0.3 is 4.90 Å². The Morgan fingerprint density at radius 3 is 2.54 bits per heavy atom. The van der Waals surface area contributed by atoms with Crippen LogP contribution in [0.4, 0.5) is 4.39 Å². The van der Waals surface area contributed by atoms with E-state index in [1.807, 2.05) is 19.9 Å². The van der Waals surface area contributed by atoms with Gasteiger partial charge in [-0.15, -0.1) is 0 Å². The topological polar surface area (TPSA) is 32.3 Å². The molecule has 24 heavy (non-hydrogen) atoms. The molecule has 1 aromatic heterocycles. The van der Waals surface area contributed by atoms with Crippen molar-refractivity contribution in [2.45, 2.75) is 32.9 Å². The molecule has 1 aliphatic rings. The first-order valence-corrected chi connectivity index (χ1v) is 8.41. The van der Waals surface area contributed by atoms with Crippen molar-refractivity contribution < 1.29 is 4.39 Å². The monoisotopic (exact) mass is 328 g/mol. The summed E-state index contributed by atoms with van der Waals surface area (Å²) < 4.78 is 14.6. The summed E-state index contributed by atoms with van der Waals surface area (Å²) in [6.07, 6.45) is 4.54. The van der Waals surface area contributed by atoms with Gasteiger partial charge in [-0.1, -0.05) is 0 Å². The smallest absolute Gasteiger partial charge is 0.131 e. The lowest BCUT2D eigenvalue weighted by atomic mass is 10.0. The second-order valence-corrected chi connectivity index (χ2v) is 6.92. The molecule has 1 unspecified atom stereocenters. The molecule has 0 aliphatic carbocycles. The maximum atomic E-state index is 14.6. The summed E-state index contributed by atoms with van der Waals surface area (Å²) >= 11 is 0. The van der Waals surface area contributed by atoms with Crippen LogP contribution in [-0.4, -0.2) is 53.0 Å². The Bertz CT molecular complexity index is 712. The molecule has 0 radical (unpaired) electrons. The van der Waals surface area contributed by atoms with E-state index in [0.29, 0.717) is 17.4 Å². The number of hydrogen-bond acceptors (Lipinski definition) is 4. The van der Waals surface area contributed by atoms with Crippen molar-refractivity contribution in [2.24, 2.45) is 0 Å². The SMILES string of the molecule is Cc1ncc(-c2cc(C)c(CN3CCC(N(C)C)C3)cc2F)cn1. The first-order valence-electron chi connectivity index (χ1n) is 8.41. The third kappa shape index (κ3) is 3.62. The number of aryl methyl sites for hydroxylation is 2. The molecule has 1 fully saturated rings. The average molecular weight is 328 g/mol. The van der Waals surface area contributed by atoms with Gasteiger partial charge in [0.1, 0.15) is 11.6 Å². The lowest BCUT2D eigenvalue weighted by molar-refractivity contribution is 0.264. The summed E-state index contributed by atoms with van der Waals surface area (Å²) in [5.74, 6) is 0.489. The van der Waals surface area contributed by atoms with E-state index in [-0.39, 0.29) is 5.82 Å². The number of hydrogen-bond donors (Lipinski definition) is 0. The molecular weight excluding hydrogens is 303 g/mol. The van der Waals surface area contributed by atoms with E-state index in [1.54, 1.807) is 18.5 Å². The number of nitrogens with zero attached hydrogens (tertiary/aromatic N) is 4. The zero-order chi connectivity index (χ0) is 17.3. The molecule has 2 aromatic rings. The van der Waals surface area contributed by atoms with E-state index in [9.17, 15) is 4.39 Å². The highest BCUT2D eigenvalue weighted by atomic mass is 19.1. The van der Waals surface area contributed by atoms with Crippen LogP contribution in [0.25, 0.3) is 11.1 Å². The summed E-state index contributed by atoms with van der Waals surface area (Å²) in [5.41, 5.74) is 3.47. The van der Waals surface area contributed by atoms with E-state index < -0.39 is 0 Å². The maximum absolute atomic E-state index is 14.6. The van der Waals surface area contributed by atoms with E-state index in [1.165, 1.54) is 6.42 Å². The third-order valence-electron chi connectivity index (χ3n) is 4.89. The number of likely N-dealkylation sites (tertiary alicyclic amines) is 1. The predicted molar refractivity (Wildman–Crippen MR) is 94.3 cm³/mol. The number of aromatic nitrogens is 2. The molecule has 1 atom stereocenters. The predicted octanol–water partition coefficient (Wildman–Crippen LogP) is 3.04. The number of halogens is 1. The fourth-order valence-electron chi connectivity index (χ4n) is 3.26. The molecule has 0 bridgehead atoms. The first-order chi connectivity index (χ1) is 11.4. The van der Waals surface area contributed by atoms with Crippen LogP contribution in [0.2, 0.25) is 0 Å². The van der Waals surface area contributed by atoms with E-state index in [4.69, 9.17) is 0 Å². The molecule has 3 rings (SSSR count). The van der Waals surface area contributed by atoms with Crippen LogP contribution in [0.5, 0.6) is 0 Å². The molecule has 4 nitrogen and oxygen atoms in total. The fraction of sp³-hybridized carbons (Fsp3) is 0.474. The second kappa shape index (κ2) is 6.95. The molecule has 128 valence electrons. The van der Waals surface area contributed by atoms with Crippen LogP contribution < -0.4 is 0 Å². The van der Waals surface area contributed by atoms with Crippen LogP contribution in [0.1, 0.15) is 23.4 Å². The van der Waals surface area contributed by atoms with Crippen LogP contribution in [0.15, 0.2) is 24.5 Å². The molecule has 5 heteroatoms. The molecule has 0 amide bonds. The molecule has 1 aromatic carbocycles. The van der Waals surface area contributed by atoms with Gasteiger partial charge in [-0.2, -0.15) is 0 Å². The van der Waals surface area contributed by atoms with E-state index in [2.05, 4.69) is 33.9 Å². The Morgan fingerprint density at radius 1 is 1.21 bits per heavy atom. The van der Waals surface area contributed by atoms with Gasteiger partial charge in [0.15, 0.2) is 0 Å². The van der Waals surface area contributed by atoms with Crippen molar-refractivity contribution in [3.8, 4) is 11.1 Å². The summed E-state index contributed by atoms with van der Waals surface area (Å²) in [6.45, 7) is 6.79. The summed E-state index contributed by atoms with van der Waals surface area (Å²) in [5, 5.41) is 0. The van der Waals surface area contributed by atoms with Crippen molar-refractivity contribution in [3.05, 3.63) is 47.3 Å². The maximum Gasteiger partial charge on any atom is 0.131 e. The van der Waals surface area contributed by atoms with Crippen molar-refractivity contribution in [2.75, 3.05) is 27.2 Å².